The van der Waals surface area contributed by atoms with Gasteiger partial charge >= 0.3 is 0 Å². The van der Waals surface area contributed by atoms with Gasteiger partial charge in [0, 0.05) is 37.8 Å². The highest BCUT2D eigenvalue weighted by atomic mass is 19.1. The van der Waals surface area contributed by atoms with Crippen LogP contribution >= 0.6 is 0 Å². The third-order valence-corrected chi connectivity index (χ3v) is 3.26. The van der Waals surface area contributed by atoms with Gasteiger partial charge in [0.05, 0.1) is 7.11 Å². The van der Waals surface area contributed by atoms with Crippen molar-refractivity contribution in [3.05, 3.63) is 29.6 Å². The molecular formula is C13H19FN2O. The molecule has 0 unspecified atom stereocenters. The fourth-order valence-electron chi connectivity index (χ4n) is 2.24. The number of methoxy groups -OCH3 is 1. The smallest absolute Gasteiger partial charge is 0.165 e. The Kier molecular flexibility index (Phi) is 3.97. The Hall–Kier alpha value is -1.13. The predicted molar refractivity (Wildman–Crippen MR) is 65.7 cm³/mol. The van der Waals surface area contributed by atoms with Gasteiger partial charge in [-0.25, -0.2) is 4.39 Å². The lowest BCUT2D eigenvalue weighted by atomic mass is 10.1. The van der Waals surface area contributed by atoms with Crippen LogP contribution in [0.15, 0.2) is 18.2 Å². The summed E-state index contributed by atoms with van der Waals surface area (Å²) in [4.78, 5) is 2.34. The number of benzene rings is 1. The Morgan fingerprint density at radius 3 is 3.06 bits per heavy atom. The van der Waals surface area contributed by atoms with Crippen LogP contribution < -0.4 is 10.1 Å². The molecule has 0 aliphatic carbocycles. The van der Waals surface area contributed by atoms with Crippen LogP contribution in [0.5, 0.6) is 5.75 Å². The molecule has 4 heteroatoms. The third kappa shape index (κ3) is 2.76. The molecule has 1 heterocycles. The topological polar surface area (TPSA) is 24.5 Å². The standard InChI is InChI=1S/C13H19FN2O/c1-10-8-15-6-7-16(10)9-11-4-3-5-12(14)13(11)17-2/h3-5,10,15H,6-9H2,1-2H3/t10-/m0/s1. The molecule has 0 amide bonds. The summed E-state index contributed by atoms with van der Waals surface area (Å²) in [6, 6.07) is 5.57. The van der Waals surface area contributed by atoms with Gasteiger partial charge in [0.2, 0.25) is 0 Å². The summed E-state index contributed by atoms with van der Waals surface area (Å²) < 4.78 is 18.7. The maximum atomic E-state index is 13.5. The number of hydrogen-bond donors (Lipinski definition) is 1. The number of rotatable bonds is 3. The molecule has 1 fully saturated rings. The van der Waals surface area contributed by atoms with Gasteiger partial charge in [-0.05, 0) is 13.0 Å². The van der Waals surface area contributed by atoms with Crippen molar-refractivity contribution in [2.24, 2.45) is 0 Å². The molecule has 0 spiro atoms. The third-order valence-electron chi connectivity index (χ3n) is 3.26. The van der Waals surface area contributed by atoms with E-state index in [0.29, 0.717) is 11.8 Å². The van der Waals surface area contributed by atoms with Crippen molar-refractivity contribution < 1.29 is 9.13 Å². The lowest BCUT2D eigenvalue weighted by molar-refractivity contribution is 0.163. The Morgan fingerprint density at radius 2 is 2.35 bits per heavy atom. The highest BCUT2D eigenvalue weighted by molar-refractivity contribution is 5.34. The maximum Gasteiger partial charge on any atom is 0.165 e. The van der Waals surface area contributed by atoms with E-state index in [1.54, 1.807) is 6.07 Å². The summed E-state index contributed by atoms with van der Waals surface area (Å²) in [5.41, 5.74) is 0.918. The lowest BCUT2D eigenvalue weighted by Crippen LogP contribution is -2.49. The molecule has 1 aromatic rings. The van der Waals surface area contributed by atoms with Crippen molar-refractivity contribution in [1.82, 2.24) is 10.2 Å². The maximum absolute atomic E-state index is 13.5. The minimum atomic E-state index is -0.284. The molecule has 0 aromatic heterocycles. The summed E-state index contributed by atoms with van der Waals surface area (Å²) in [6.45, 7) is 5.88. The average molecular weight is 238 g/mol. The minimum absolute atomic E-state index is 0.284. The summed E-state index contributed by atoms with van der Waals surface area (Å²) in [7, 11) is 1.52. The van der Waals surface area contributed by atoms with Crippen LogP contribution in [0.4, 0.5) is 4.39 Å². The average Bonchev–Trinajstić information content (AvgIpc) is 2.32. The Bertz CT molecular complexity index is 384. The van der Waals surface area contributed by atoms with Crippen LogP contribution in [-0.2, 0) is 6.54 Å². The van der Waals surface area contributed by atoms with Crippen LogP contribution in [0.25, 0.3) is 0 Å². The normalized spacial score (nSPS) is 21.5. The quantitative estimate of drug-likeness (QED) is 0.866. The summed E-state index contributed by atoms with van der Waals surface area (Å²) in [5.74, 6) is 0.0889. The molecule has 3 nitrogen and oxygen atoms in total. The van der Waals surface area contributed by atoms with Crippen LogP contribution in [0.1, 0.15) is 12.5 Å². The molecule has 1 aromatic carbocycles. The van der Waals surface area contributed by atoms with Gasteiger partial charge in [-0.2, -0.15) is 0 Å². The number of para-hydroxylation sites is 1. The van der Waals surface area contributed by atoms with Gasteiger partial charge in [0.25, 0.3) is 0 Å². The van der Waals surface area contributed by atoms with Crippen molar-refractivity contribution in [3.63, 3.8) is 0 Å². The van der Waals surface area contributed by atoms with E-state index in [9.17, 15) is 4.39 Å². The summed E-state index contributed by atoms with van der Waals surface area (Å²) >= 11 is 0. The van der Waals surface area contributed by atoms with E-state index in [0.717, 1.165) is 31.7 Å². The van der Waals surface area contributed by atoms with Gasteiger partial charge in [-0.3, -0.25) is 4.90 Å². The molecule has 0 radical (unpaired) electrons. The Labute approximate surface area is 102 Å². The number of hydrogen-bond acceptors (Lipinski definition) is 3. The number of nitrogens with zero attached hydrogens (tertiary/aromatic N) is 1. The first-order valence-corrected chi connectivity index (χ1v) is 5.98. The van der Waals surface area contributed by atoms with Crippen molar-refractivity contribution in [3.8, 4) is 5.75 Å². The second-order valence-electron chi connectivity index (χ2n) is 4.46. The number of ether oxygens (including phenoxy) is 1. The second kappa shape index (κ2) is 5.47. The monoisotopic (exact) mass is 238 g/mol. The number of piperazine rings is 1. The molecule has 1 atom stereocenters. The predicted octanol–water partition coefficient (Wildman–Crippen LogP) is 1.63. The lowest BCUT2D eigenvalue weighted by Gasteiger charge is -2.34. The fraction of sp³-hybridized carbons (Fsp3) is 0.538. The molecule has 0 bridgehead atoms. The van der Waals surface area contributed by atoms with E-state index in [2.05, 4.69) is 17.1 Å². The van der Waals surface area contributed by atoms with Crippen LogP contribution in [0.2, 0.25) is 0 Å². The zero-order chi connectivity index (χ0) is 12.3. The SMILES string of the molecule is COc1c(F)cccc1CN1CCNC[C@@H]1C. The van der Waals surface area contributed by atoms with Crippen molar-refractivity contribution in [2.75, 3.05) is 26.7 Å². The summed E-state index contributed by atoms with van der Waals surface area (Å²) in [6.07, 6.45) is 0. The molecule has 94 valence electrons. The van der Waals surface area contributed by atoms with E-state index in [4.69, 9.17) is 4.74 Å². The fourth-order valence-corrected chi connectivity index (χ4v) is 2.24. The van der Waals surface area contributed by atoms with Gasteiger partial charge in [-0.1, -0.05) is 12.1 Å². The van der Waals surface area contributed by atoms with E-state index in [1.165, 1.54) is 13.2 Å². The Morgan fingerprint density at radius 1 is 1.53 bits per heavy atom. The summed E-state index contributed by atoms with van der Waals surface area (Å²) in [5, 5.41) is 3.34. The Balaban J connectivity index is 2.14. The second-order valence-corrected chi connectivity index (χ2v) is 4.46. The van der Waals surface area contributed by atoms with Crippen LogP contribution in [0.3, 0.4) is 0 Å². The molecule has 1 aliphatic heterocycles. The minimum Gasteiger partial charge on any atom is -0.493 e. The van der Waals surface area contributed by atoms with Crippen molar-refractivity contribution in [2.45, 2.75) is 19.5 Å². The molecule has 17 heavy (non-hydrogen) atoms. The highest BCUT2D eigenvalue weighted by Crippen LogP contribution is 2.24. The largest absolute Gasteiger partial charge is 0.493 e. The molecular weight excluding hydrogens is 219 g/mol. The van der Waals surface area contributed by atoms with Crippen molar-refractivity contribution in [1.29, 1.82) is 0 Å². The molecule has 2 rings (SSSR count). The molecule has 1 saturated heterocycles. The van der Waals surface area contributed by atoms with E-state index in [-0.39, 0.29) is 5.82 Å². The van der Waals surface area contributed by atoms with E-state index < -0.39 is 0 Å². The first kappa shape index (κ1) is 12.3. The zero-order valence-corrected chi connectivity index (χ0v) is 10.4. The highest BCUT2D eigenvalue weighted by Gasteiger charge is 2.20. The van der Waals surface area contributed by atoms with Gasteiger partial charge in [0.1, 0.15) is 0 Å². The molecule has 1 aliphatic rings. The van der Waals surface area contributed by atoms with Gasteiger partial charge in [0.15, 0.2) is 11.6 Å². The van der Waals surface area contributed by atoms with Crippen molar-refractivity contribution >= 4 is 0 Å². The number of halogens is 1. The van der Waals surface area contributed by atoms with Gasteiger partial charge < -0.3 is 10.1 Å². The number of nitrogens with one attached hydrogen (secondary N) is 1. The zero-order valence-electron chi connectivity index (χ0n) is 10.4. The first-order valence-electron chi connectivity index (χ1n) is 5.98. The van der Waals surface area contributed by atoms with Crippen LogP contribution in [-0.4, -0.2) is 37.7 Å². The van der Waals surface area contributed by atoms with Gasteiger partial charge in [-0.15, -0.1) is 0 Å². The molecule has 0 saturated carbocycles. The molecule has 1 N–H and O–H groups in total. The van der Waals surface area contributed by atoms with Crippen LogP contribution in [0, 0.1) is 5.82 Å². The van der Waals surface area contributed by atoms with E-state index >= 15 is 0 Å². The first-order chi connectivity index (χ1) is 8.22. The van der Waals surface area contributed by atoms with E-state index in [1.807, 2.05) is 6.07 Å².